The van der Waals surface area contributed by atoms with Gasteiger partial charge in [0.15, 0.2) is 26.4 Å². The Morgan fingerprint density at radius 1 is 0.634 bits per heavy atom. The zero-order chi connectivity index (χ0) is 30.2. The summed E-state index contributed by atoms with van der Waals surface area (Å²) in [4.78, 5) is 70.8. The third-order valence-electron chi connectivity index (χ3n) is 5.13. The van der Waals surface area contributed by atoms with Crippen molar-refractivity contribution in [2.24, 2.45) is 0 Å². The number of esters is 5. The van der Waals surface area contributed by atoms with Crippen molar-refractivity contribution >= 4 is 35.8 Å². The molecule has 1 amide bonds. The first-order valence-corrected chi connectivity index (χ1v) is 11.9. The normalized spacial score (nSPS) is 10.8. The number of rotatable bonds is 15. The lowest BCUT2D eigenvalue weighted by atomic mass is 10.1. The second kappa shape index (κ2) is 16.7. The van der Waals surface area contributed by atoms with Crippen molar-refractivity contribution in [2.75, 3.05) is 47.8 Å². The van der Waals surface area contributed by atoms with Crippen molar-refractivity contribution in [1.29, 1.82) is 0 Å². The summed E-state index contributed by atoms with van der Waals surface area (Å²) >= 11 is 0. The van der Waals surface area contributed by atoms with Crippen LogP contribution in [0.2, 0.25) is 0 Å². The van der Waals surface area contributed by atoms with Crippen LogP contribution in [-0.2, 0) is 54.1 Å². The Hall–Kier alpha value is -5.14. The minimum absolute atomic E-state index is 0.0494. The van der Waals surface area contributed by atoms with Crippen molar-refractivity contribution in [3.63, 3.8) is 0 Å². The van der Waals surface area contributed by atoms with Gasteiger partial charge in [-0.3, -0.25) is 4.79 Å². The van der Waals surface area contributed by atoms with E-state index in [0.29, 0.717) is 17.1 Å². The summed E-state index contributed by atoms with van der Waals surface area (Å²) in [6.07, 6.45) is 0.0494. The van der Waals surface area contributed by atoms with Gasteiger partial charge in [-0.2, -0.15) is 0 Å². The average molecular weight is 576 g/mol. The van der Waals surface area contributed by atoms with Crippen LogP contribution in [0.1, 0.15) is 15.9 Å². The van der Waals surface area contributed by atoms with E-state index in [4.69, 9.17) is 23.7 Å². The quantitative estimate of drug-likeness (QED) is 0.228. The fraction of sp³-hybridized carbons (Fsp3) is 0.333. The maximum atomic E-state index is 12.3. The lowest BCUT2D eigenvalue weighted by Gasteiger charge is -2.17. The molecule has 41 heavy (non-hydrogen) atoms. The molecule has 0 aliphatic heterocycles. The molecule has 0 saturated carbocycles. The Bertz CT molecular complexity index is 1210. The number of carbonyl (C=O) groups is 6. The number of methoxy groups -OCH3 is 3. The molecule has 0 bridgehead atoms. The Labute approximate surface area is 234 Å². The highest BCUT2D eigenvalue weighted by molar-refractivity contribution is 5.91. The van der Waals surface area contributed by atoms with Crippen LogP contribution in [0.25, 0.3) is 0 Å². The van der Waals surface area contributed by atoms with Gasteiger partial charge < -0.3 is 38.5 Å². The van der Waals surface area contributed by atoms with Crippen LogP contribution in [0.3, 0.4) is 0 Å². The zero-order valence-corrected chi connectivity index (χ0v) is 22.5. The fourth-order valence-corrected chi connectivity index (χ4v) is 3.01. The Balaban J connectivity index is 1.79. The first-order chi connectivity index (χ1) is 19.6. The summed E-state index contributed by atoms with van der Waals surface area (Å²) < 4.78 is 33.8. The lowest BCUT2D eigenvalue weighted by molar-refractivity contribution is -0.152. The van der Waals surface area contributed by atoms with Crippen molar-refractivity contribution in [3.05, 3.63) is 59.7 Å². The average Bonchev–Trinajstić information content (AvgIpc) is 3.00. The lowest BCUT2D eigenvalue weighted by Crippen LogP contribution is -2.44. The van der Waals surface area contributed by atoms with Gasteiger partial charge in [0.05, 0.1) is 26.9 Å². The maximum Gasteiger partial charge on any atom is 0.344 e. The molecule has 14 heteroatoms. The van der Waals surface area contributed by atoms with E-state index < -0.39 is 55.0 Å². The molecule has 2 aromatic rings. The Kier molecular flexibility index (Phi) is 13.1. The molecule has 0 heterocycles. The third-order valence-corrected chi connectivity index (χ3v) is 5.13. The van der Waals surface area contributed by atoms with Crippen LogP contribution in [-0.4, -0.2) is 89.6 Å². The van der Waals surface area contributed by atoms with E-state index in [9.17, 15) is 28.8 Å². The van der Waals surface area contributed by atoms with E-state index in [1.54, 1.807) is 24.3 Å². The molecule has 0 aromatic heterocycles. The number of nitrogens with one attached hydrogen (secondary N) is 1. The van der Waals surface area contributed by atoms with Gasteiger partial charge in [0.25, 0.3) is 5.91 Å². The largest absolute Gasteiger partial charge is 0.482 e. The van der Waals surface area contributed by atoms with Crippen LogP contribution < -0.4 is 14.8 Å². The molecular formula is C27H29NO13. The SMILES string of the molecule is COC(=O)COc1ccc(CC(NC(=O)COC(=O)COC(=O)c2ccc(OCC(=O)OC)cc2)C(=O)OC)cc1. The van der Waals surface area contributed by atoms with E-state index in [0.717, 1.165) is 7.11 Å². The van der Waals surface area contributed by atoms with Gasteiger partial charge in [-0.25, -0.2) is 24.0 Å². The molecule has 0 aliphatic carbocycles. The summed E-state index contributed by atoms with van der Waals surface area (Å²) in [5, 5.41) is 2.42. The number of amides is 1. The second-order valence-corrected chi connectivity index (χ2v) is 7.98. The molecule has 220 valence electrons. The summed E-state index contributed by atoms with van der Waals surface area (Å²) in [7, 11) is 3.61. The standard InChI is InChI=1S/C27H29NO13/c1-35-23(30)14-38-19-8-4-17(5-9-19)12-21(27(34)37-3)28-22(29)13-40-25(32)16-41-26(33)18-6-10-20(11-7-18)39-15-24(31)36-2/h4-11,21H,12-16H2,1-3H3,(H,28,29). The summed E-state index contributed by atoms with van der Waals surface area (Å²) in [5.74, 6) is -3.76. The number of hydrogen-bond donors (Lipinski definition) is 1. The first kappa shape index (κ1) is 32.1. The minimum atomic E-state index is -1.09. The highest BCUT2D eigenvalue weighted by Crippen LogP contribution is 2.15. The topological polar surface area (TPSA) is 179 Å². The molecular weight excluding hydrogens is 546 g/mol. The Morgan fingerprint density at radius 3 is 1.68 bits per heavy atom. The van der Waals surface area contributed by atoms with Crippen molar-refractivity contribution < 1.29 is 61.9 Å². The highest BCUT2D eigenvalue weighted by atomic mass is 16.6. The van der Waals surface area contributed by atoms with E-state index in [2.05, 4.69) is 14.8 Å². The molecule has 0 saturated heterocycles. The monoisotopic (exact) mass is 575 g/mol. The highest BCUT2D eigenvalue weighted by Gasteiger charge is 2.23. The van der Waals surface area contributed by atoms with Gasteiger partial charge in [0.2, 0.25) is 0 Å². The van der Waals surface area contributed by atoms with Gasteiger partial charge in [-0.15, -0.1) is 0 Å². The molecule has 0 aliphatic rings. The van der Waals surface area contributed by atoms with Crippen LogP contribution in [0.4, 0.5) is 0 Å². The predicted octanol–water partition coefficient (Wildman–Crippen LogP) is 0.391. The number of ether oxygens (including phenoxy) is 7. The summed E-state index contributed by atoms with van der Waals surface area (Å²) in [6.45, 7) is -2.08. The van der Waals surface area contributed by atoms with Gasteiger partial charge in [0, 0.05) is 6.42 Å². The molecule has 1 N–H and O–H groups in total. The van der Waals surface area contributed by atoms with Crippen LogP contribution in [0, 0.1) is 0 Å². The number of benzene rings is 2. The van der Waals surface area contributed by atoms with Gasteiger partial charge in [0.1, 0.15) is 17.5 Å². The van der Waals surface area contributed by atoms with Gasteiger partial charge in [-0.1, -0.05) is 12.1 Å². The van der Waals surface area contributed by atoms with E-state index >= 15 is 0 Å². The van der Waals surface area contributed by atoms with Crippen LogP contribution in [0.5, 0.6) is 11.5 Å². The van der Waals surface area contributed by atoms with Gasteiger partial charge >= 0.3 is 29.8 Å². The van der Waals surface area contributed by atoms with Crippen molar-refractivity contribution in [2.45, 2.75) is 12.5 Å². The molecule has 14 nitrogen and oxygen atoms in total. The minimum Gasteiger partial charge on any atom is -0.482 e. The second-order valence-electron chi connectivity index (χ2n) is 7.98. The van der Waals surface area contributed by atoms with Crippen molar-refractivity contribution in [3.8, 4) is 11.5 Å². The Morgan fingerprint density at radius 2 is 1.17 bits per heavy atom. The molecule has 2 rings (SSSR count). The molecule has 1 unspecified atom stereocenters. The molecule has 0 fully saturated rings. The number of hydrogen-bond acceptors (Lipinski definition) is 13. The van der Waals surface area contributed by atoms with Crippen LogP contribution in [0.15, 0.2) is 48.5 Å². The van der Waals surface area contributed by atoms with E-state index in [1.807, 2.05) is 0 Å². The smallest absolute Gasteiger partial charge is 0.344 e. The van der Waals surface area contributed by atoms with E-state index in [1.165, 1.54) is 38.5 Å². The first-order valence-electron chi connectivity index (χ1n) is 11.9. The fourth-order valence-electron chi connectivity index (χ4n) is 3.01. The molecule has 1 atom stereocenters. The van der Waals surface area contributed by atoms with E-state index in [-0.39, 0.29) is 25.2 Å². The summed E-state index contributed by atoms with van der Waals surface area (Å²) in [5.41, 5.74) is 0.739. The number of carbonyl (C=O) groups excluding carboxylic acids is 6. The predicted molar refractivity (Wildman–Crippen MR) is 137 cm³/mol. The third kappa shape index (κ3) is 11.6. The van der Waals surface area contributed by atoms with Crippen LogP contribution >= 0.6 is 0 Å². The maximum absolute atomic E-state index is 12.3. The summed E-state index contributed by atoms with van der Waals surface area (Å²) in [6, 6.07) is 10.9. The molecule has 0 radical (unpaired) electrons. The zero-order valence-electron chi connectivity index (χ0n) is 22.5. The van der Waals surface area contributed by atoms with Gasteiger partial charge in [-0.05, 0) is 42.0 Å². The molecule has 2 aromatic carbocycles. The van der Waals surface area contributed by atoms with Crippen molar-refractivity contribution in [1.82, 2.24) is 5.32 Å². The molecule has 0 spiro atoms.